The van der Waals surface area contributed by atoms with Gasteiger partial charge in [-0.25, -0.2) is 0 Å². The van der Waals surface area contributed by atoms with Crippen molar-refractivity contribution in [3.63, 3.8) is 0 Å². The van der Waals surface area contributed by atoms with Crippen molar-refractivity contribution in [3.8, 4) is 0 Å². The van der Waals surface area contributed by atoms with Gasteiger partial charge in [0.25, 0.3) is 0 Å². The van der Waals surface area contributed by atoms with Gasteiger partial charge in [0.05, 0.1) is 0 Å². The summed E-state index contributed by atoms with van der Waals surface area (Å²) >= 11 is 0. The standard InChI is InChI=1S/C10H17NO3/c1-2-14-9(13)11-6-10(7-11)4-3-8(12)5-10/h9,13H,2-7H2,1H3. The van der Waals surface area contributed by atoms with Gasteiger partial charge in [0.1, 0.15) is 5.78 Å². The van der Waals surface area contributed by atoms with Crippen LogP contribution in [0, 0.1) is 5.41 Å². The number of carbonyl (C=O) groups excluding carboxylic acids is 1. The van der Waals surface area contributed by atoms with E-state index in [0.717, 1.165) is 25.9 Å². The fourth-order valence-electron chi connectivity index (χ4n) is 2.50. The van der Waals surface area contributed by atoms with Crippen LogP contribution in [0.1, 0.15) is 26.2 Å². The van der Waals surface area contributed by atoms with Crippen molar-refractivity contribution in [2.24, 2.45) is 5.41 Å². The summed E-state index contributed by atoms with van der Waals surface area (Å²) in [5, 5.41) is 9.50. The lowest BCUT2D eigenvalue weighted by atomic mass is 9.78. The average Bonchev–Trinajstić information content (AvgIpc) is 2.45. The van der Waals surface area contributed by atoms with Gasteiger partial charge >= 0.3 is 0 Å². The van der Waals surface area contributed by atoms with Crippen molar-refractivity contribution in [3.05, 3.63) is 0 Å². The number of Topliss-reactive ketones (excluding diaryl/α,β-unsaturated/α-hetero) is 1. The fraction of sp³-hybridized carbons (Fsp3) is 0.900. The van der Waals surface area contributed by atoms with Crippen molar-refractivity contribution in [1.29, 1.82) is 0 Å². The highest BCUT2D eigenvalue weighted by atomic mass is 16.6. The van der Waals surface area contributed by atoms with Crippen LogP contribution in [0.25, 0.3) is 0 Å². The van der Waals surface area contributed by atoms with E-state index < -0.39 is 6.41 Å². The average molecular weight is 199 g/mol. The van der Waals surface area contributed by atoms with E-state index in [9.17, 15) is 9.90 Å². The van der Waals surface area contributed by atoms with E-state index in [1.807, 2.05) is 11.8 Å². The molecule has 2 aliphatic rings. The van der Waals surface area contributed by atoms with E-state index in [1.54, 1.807) is 0 Å². The summed E-state index contributed by atoms with van der Waals surface area (Å²) in [4.78, 5) is 13.0. The second-order valence-corrected chi connectivity index (χ2v) is 4.40. The second kappa shape index (κ2) is 3.61. The van der Waals surface area contributed by atoms with Gasteiger partial charge in [0.2, 0.25) is 6.41 Å². The highest BCUT2D eigenvalue weighted by Gasteiger charge is 2.49. The molecule has 1 heterocycles. The molecular formula is C10H17NO3. The van der Waals surface area contributed by atoms with Crippen LogP contribution in [0.2, 0.25) is 0 Å². The van der Waals surface area contributed by atoms with Crippen LogP contribution < -0.4 is 0 Å². The lowest BCUT2D eigenvalue weighted by Gasteiger charge is -2.49. The van der Waals surface area contributed by atoms with Crippen LogP contribution in [0.5, 0.6) is 0 Å². The number of nitrogens with zero attached hydrogens (tertiary/aromatic N) is 1. The molecule has 1 spiro atoms. The molecule has 1 saturated heterocycles. The zero-order valence-corrected chi connectivity index (χ0v) is 8.53. The normalized spacial score (nSPS) is 28.0. The van der Waals surface area contributed by atoms with Crippen LogP contribution in [-0.4, -0.2) is 41.9 Å². The molecule has 1 atom stereocenters. The van der Waals surface area contributed by atoms with Gasteiger partial charge in [-0.3, -0.25) is 9.69 Å². The highest BCUT2D eigenvalue weighted by Crippen LogP contribution is 2.44. The monoisotopic (exact) mass is 199 g/mol. The first-order valence-corrected chi connectivity index (χ1v) is 5.21. The van der Waals surface area contributed by atoms with Crippen molar-refractivity contribution >= 4 is 5.78 Å². The van der Waals surface area contributed by atoms with Gasteiger partial charge in [0.15, 0.2) is 0 Å². The highest BCUT2D eigenvalue weighted by molar-refractivity contribution is 5.81. The molecule has 0 amide bonds. The Labute approximate surface area is 83.8 Å². The van der Waals surface area contributed by atoms with Gasteiger partial charge in [0, 0.05) is 38.0 Å². The van der Waals surface area contributed by atoms with Crippen molar-refractivity contribution in [2.75, 3.05) is 19.7 Å². The van der Waals surface area contributed by atoms with E-state index >= 15 is 0 Å². The molecule has 1 aliphatic carbocycles. The maximum atomic E-state index is 11.1. The van der Waals surface area contributed by atoms with Crippen molar-refractivity contribution < 1.29 is 14.6 Å². The molecule has 0 bridgehead atoms. The molecule has 1 saturated carbocycles. The zero-order valence-electron chi connectivity index (χ0n) is 8.53. The molecule has 1 aliphatic heterocycles. The third-order valence-electron chi connectivity index (χ3n) is 3.21. The molecule has 4 nitrogen and oxygen atoms in total. The van der Waals surface area contributed by atoms with Crippen LogP contribution in [0.15, 0.2) is 0 Å². The summed E-state index contributed by atoms with van der Waals surface area (Å²) in [6.07, 6.45) is 1.63. The van der Waals surface area contributed by atoms with Crippen molar-refractivity contribution in [2.45, 2.75) is 32.6 Å². The van der Waals surface area contributed by atoms with E-state index in [1.165, 1.54) is 0 Å². The van der Waals surface area contributed by atoms with E-state index in [0.29, 0.717) is 18.8 Å². The molecule has 0 aromatic heterocycles. The van der Waals surface area contributed by atoms with Gasteiger partial charge in [-0.05, 0) is 13.3 Å². The molecule has 0 aromatic rings. The molecule has 4 heteroatoms. The maximum absolute atomic E-state index is 11.1. The number of rotatable bonds is 3. The van der Waals surface area contributed by atoms with Crippen LogP contribution in [0.4, 0.5) is 0 Å². The minimum absolute atomic E-state index is 0.176. The lowest BCUT2D eigenvalue weighted by molar-refractivity contribution is -0.237. The number of carbonyl (C=O) groups is 1. The second-order valence-electron chi connectivity index (χ2n) is 4.40. The van der Waals surface area contributed by atoms with E-state index in [2.05, 4.69) is 0 Å². The molecule has 2 rings (SSSR count). The number of aliphatic hydroxyl groups is 1. The minimum atomic E-state index is -0.777. The van der Waals surface area contributed by atoms with Crippen LogP contribution >= 0.6 is 0 Å². The van der Waals surface area contributed by atoms with Crippen molar-refractivity contribution in [1.82, 2.24) is 4.90 Å². The summed E-state index contributed by atoms with van der Waals surface area (Å²) in [6, 6.07) is 0. The zero-order chi connectivity index (χ0) is 10.2. The Balaban J connectivity index is 1.81. The Morgan fingerprint density at radius 2 is 2.36 bits per heavy atom. The Hall–Kier alpha value is -0.450. The largest absolute Gasteiger partial charge is 0.356 e. The number of hydrogen-bond acceptors (Lipinski definition) is 4. The number of aliphatic hydroxyl groups excluding tert-OH is 1. The molecular weight excluding hydrogens is 182 g/mol. The Morgan fingerprint density at radius 1 is 1.64 bits per heavy atom. The number of ether oxygens (including phenoxy) is 1. The molecule has 1 N–H and O–H groups in total. The quantitative estimate of drug-likeness (QED) is 0.666. The molecule has 2 fully saturated rings. The Bertz CT molecular complexity index is 236. The Morgan fingerprint density at radius 3 is 2.86 bits per heavy atom. The first-order chi connectivity index (χ1) is 6.65. The van der Waals surface area contributed by atoms with Crippen LogP contribution in [-0.2, 0) is 9.53 Å². The molecule has 1 unspecified atom stereocenters. The maximum Gasteiger partial charge on any atom is 0.216 e. The SMILES string of the molecule is CCOC(O)N1CC2(CCC(=O)C2)C1. The van der Waals surface area contributed by atoms with E-state index in [4.69, 9.17) is 4.74 Å². The third-order valence-corrected chi connectivity index (χ3v) is 3.21. The summed E-state index contributed by atoms with van der Waals surface area (Å²) < 4.78 is 5.07. The topological polar surface area (TPSA) is 49.8 Å². The van der Waals surface area contributed by atoms with Gasteiger partial charge < -0.3 is 9.84 Å². The van der Waals surface area contributed by atoms with Gasteiger partial charge in [-0.2, -0.15) is 0 Å². The third kappa shape index (κ3) is 1.69. The summed E-state index contributed by atoms with van der Waals surface area (Å²) in [5.74, 6) is 0.371. The lowest BCUT2D eigenvalue weighted by Crippen LogP contribution is -2.59. The molecule has 80 valence electrons. The number of ketones is 1. The van der Waals surface area contributed by atoms with Gasteiger partial charge in [-0.1, -0.05) is 0 Å². The Kier molecular flexibility index (Phi) is 2.60. The molecule has 14 heavy (non-hydrogen) atoms. The summed E-state index contributed by atoms with van der Waals surface area (Å²) in [6.45, 7) is 3.99. The minimum Gasteiger partial charge on any atom is -0.356 e. The predicted molar refractivity (Wildman–Crippen MR) is 50.5 cm³/mol. The first-order valence-electron chi connectivity index (χ1n) is 5.21. The van der Waals surface area contributed by atoms with Gasteiger partial charge in [-0.15, -0.1) is 0 Å². The van der Waals surface area contributed by atoms with E-state index in [-0.39, 0.29) is 5.41 Å². The first kappa shape index (κ1) is 10.1. The summed E-state index contributed by atoms with van der Waals surface area (Å²) in [7, 11) is 0. The van der Waals surface area contributed by atoms with Crippen LogP contribution in [0.3, 0.4) is 0 Å². The smallest absolute Gasteiger partial charge is 0.216 e. The number of hydrogen-bond donors (Lipinski definition) is 1. The predicted octanol–water partition coefficient (Wildman–Crippen LogP) is 0.354. The summed E-state index contributed by atoms with van der Waals surface area (Å²) in [5.41, 5.74) is 0.176. The number of likely N-dealkylation sites (tertiary alicyclic amines) is 1. The molecule has 0 aromatic carbocycles. The molecule has 0 radical (unpaired) electrons. The fourth-order valence-corrected chi connectivity index (χ4v) is 2.50.